The molecule has 0 aromatic carbocycles. The first-order valence-corrected chi connectivity index (χ1v) is 6.16. The van der Waals surface area contributed by atoms with E-state index in [1.807, 2.05) is 7.11 Å². The highest BCUT2D eigenvalue weighted by Crippen LogP contribution is 2.26. The molecule has 0 heterocycles. The number of hydrogen-bond donors (Lipinski definition) is 1. The summed E-state index contributed by atoms with van der Waals surface area (Å²) in [4.78, 5) is 0. The fourth-order valence-corrected chi connectivity index (χ4v) is 2.97. The van der Waals surface area contributed by atoms with Crippen LogP contribution in [0.2, 0.25) is 0 Å². The van der Waals surface area contributed by atoms with Crippen molar-refractivity contribution in [2.24, 2.45) is 5.92 Å². The van der Waals surface area contributed by atoms with Gasteiger partial charge in [0.05, 0.1) is 6.10 Å². The number of methoxy groups -OCH3 is 1. The molecule has 2 fully saturated rings. The lowest BCUT2D eigenvalue weighted by atomic mass is 10.1. The summed E-state index contributed by atoms with van der Waals surface area (Å²) in [7, 11) is 1.85. The van der Waals surface area contributed by atoms with Gasteiger partial charge in [-0.15, -0.1) is 0 Å². The Labute approximate surface area is 87.4 Å². The molecule has 2 rings (SSSR count). The molecule has 2 nitrogen and oxygen atoms in total. The highest BCUT2D eigenvalue weighted by Gasteiger charge is 2.27. The van der Waals surface area contributed by atoms with Crippen LogP contribution in [0.3, 0.4) is 0 Å². The lowest BCUT2D eigenvalue weighted by Gasteiger charge is -2.21. The number of hydrogen-bond acceptors (Lipinski definition) is 2. The molecule has 2 atom stereocenters. The molecule has 0 bridgehead atoms. The summed E-state index contributed by atoms with van der Waals surface area (Å²) in [5.41, 5.74) is 0. The van der Waals surface area contributed by atoms with Crippen LogP contribution in [0.5, 0.6) is 0 Å². The molecule has 2 aliphatic rings. The van der Waals surface area contributed by atoms with Crippen molar-refractivity contribution < 1.29 is 4.74 Å². The highest BCUT2D eigenvalue weighted by atomic mass is 16.5. The maximum Gasteiger partial charge on any atom is 0.0724 e. The third-order valence-electron chi connectivity index (χ3n) is 3.90. The third-order valence-corrected chi connectivity index (χ3v) is 3.90. The molecule has 82 valence electrons. The summed E-state index contributed by atoms with van der Waals surface area (Å²) < 4.78 is 5.48. The average Bonchev–Trinajstić information content (AvgIpc) is 2.85. The van der Waals surface area contributed by atoms with E-state index < -0.39 is 0 Å². The van der Waals surface area contributed by atoms with Gasteiger partial charge in [0, 0.05) is 13.2 Å². The Hall–Kier alpha value is -0.0800. The summed E-state index contributed by atoms with van der Waals surface area (Å²) in [6.07, 6.45) is 10.2. The fraction of sp³-hybridized carbons (Fsp3) is 1.00. The van der Waals surface area contributed by atoms with Crippen LogP contribution in [0.4, 0.5) is 0 Å². The first kappa shape index (κ1) is 10.4. The summed E-state index contributed by atoms with van der Waals surface area (Å²) in [5.74, 6) is 0.952. The van der Waals surface area contributed by atoms with Gasteiger partial charge >= 0.3 is 0 Å². The summed E-state index contributed by atoms with van der Waals surface area (Å²) >= 11 is 0. The Morgan fingerprint density at radius 1 is 1.07 bits per heavy atom. The molecule has 14 heavy (non-hydrogen) atoms. The molecule has 0 spiro atoms. The van der Waals surface area contributed by atoms with E-state index in [9.17, 15) is 0 Å². The van der Waals surface area contributed by atoms with Gasteiger partial charge in [-0.2, -0.15) is 0 Å². The largest absolute Gasteiger partial charge is 0.380 e. The number of ether oxygens (including phenoxy) is 1. The quantitative estimate of drug-likeness (QED) is 0.747. The van der Waals surface area contributed by atoms with Crippen molar-refractivity contribution in [1.29, 1.82) is 0 Å². The van der Waals surface area contributed by atoms with Crippen molar-refractivity contribution in [1.82, 2.24) is 5.32 Å². The van der Waals surface area contributed by atoms with Crippen LogP contribution < -0.4 is 5.32 Å². The Balaban J connectivity index is 1.68. The third kappa shape index (κ3) is 2.48. The molecule has 2 saturated carbocycles. The maximum absolute atomic E-state index is 5.48. The second kappa shape index (κ2) is 5.13. The number of nitrogens with one attached hydrogen (secondary N) is 1. The molecule has 1 N–H and O–H groups in total. The van der Waals surface area contributed by atoms with E-state index in [-0.39, 0.29) is 0 Å². The monoisotopic (exact) mass is 197 g/mol. The van der Waals surface area contributed by atoms with Crippen LogP contribution in [0.1, 0.15) is 44.9 Å². The predicted octanol–water partition coefficient (Wildman–Crippen LogP) is 2.33. The van der Waals surface area contributed by atoms with E-state index >= 15 is 0 Å². The normalized spacial score (nSPS) is 34.1. The molecule has 2 unspecified atom stereocenters. The molecule has 0 aromatic rings. The summed E-state index contributed by atoms with van der Waals surface area (Å²) in [6.45, 7) is 1.23. The van der Waals surface area contributed by atoms with E-state index in [1.165, 1.54) is 51.5 Å². The molecular formula is C12H23NO. The molecule has 0 aliphatic heterocycles. The van der Waals surface area contributed by atoms with Crippen molar-refractivity contribution in [3.8, 4) is 0 Å². The summed E-state index contributed by atoms with van der Waals surface area (Å²) in [6, 6.07) is 0.639. The second-order valence-corrected chi connectivity index (χ2v) is 4.87. The van der Waals surface area contributed by atoms with E-state index in [0.717, 1.165) is 5.92 Å². The minimum Gasteiger partial charge on any atom is -0.380 e. The standard InChI is InChI=1S/C12H23NO/c1-14-12-8-4-7-11(12)13-9-10-5-2-3-6-10/h10-13H,2-9H2,1H3. The van der Waals surface area contributed by atoms with E-state index in [1.54, 1.807) is 0 Å². The molecule has 0 saturated heterocycles. The molecule has 2 aliphatic carbocycles. The SMILES string of the molecule is COC1CCCC1NCC1CCCC1. The van der Waals surface area contributed by atoms with Gasteiger partial charge in [0.1, 0.15) is 0 Å². The van der Waals surface area contributed by atoms with Gasteiger partial charge in [0.25, 0.3) is 0 Å². The lowest BCUT2D eigenvalue weighted by molar-refractivity contribution is 0.0839. The van der Waals surface area contributed by atoms with Gasteiger partial charge < -0.3 is 10.1 Å². The van der Waals surface area contributed by atoms with Crippen molar-refractivity contribution in [2.45, 2.75) is 57.1 Å². The van der Waals surface area contributed by atoms with Crippen molar-refractivity contribution in [3.63, 3.8) is 0 Å². The van der Waals surface area contributed by atoms with Crippen LogP contribution in [0.25, 0.3) is 0 Å². The van der Waals surface area contributed by atoms with Crippen molar-refractivity contribution in [2.75, 3.05) is 13.7 Å². The van der Waals surface area contributed by atoms with Gasteiger partial charge in [-0.05, 0) is 44.6 Å². The minimum absolute atomic E-state index is 0.483. The molecule has 0 amide bonds. The summed E-state index contributed by atoms with van der Waals surface area (Å²) in [5, 5.41) is 3.70. The van der Waals surface area contributed by atoms with Crippen molar-refractivity contribution in [3.05, 3.63) is 0 Å². The first-order chi connectivity index (χ1) is 6.90. The predicted molar refractivity (Wildman–Crippen MR) is 58.4 cm³/mol. The van der Waals surface area contributed by atoms with Gasteiger partial charge in [-0.25, -0.2) is 0 Å². The van der Waals surface area contributed by atoms with E-state index in [0.29, 0.717) is 12.1 Å². The zero-order valence-electron chi connectivity index (χ0n) is 9.30. The average molecular weight is 197 g/mol. The zero-order chi connectivity index (χ0) is 9.80. The number of rotatable bonds is 4. The van der Waals surface area contributed by atoms with Crippen molar-refractivity contribution >= 4 is 0 Å². The fourth-order valence-electron chi connectivity index (χ4n) is 2.97. The van der Waals surface area contributed by atoms with Crippen LogP contribution in [0, 0.1) is 5.92 Å². The minimum atomic E-state index is 0.483. The van der Waals surface area contributed by atoms with Gasteiger partial charge in [0.15, 0.2) is 0 Å². The van der Waals surface area contributed by atoms with E-state index in [4.69, 9.17) is 4.74 Å². The molecule has 0 aromatic heterocycles. The topological polar surface area (TPSA) is 21.3 Å². The van der Waals surface area contributed by atoms with Gasteiger partial charge in [-0.1, -0.05) is 12.8 Å². The Kier molecular flexibility index (Phi) is 3.82. The van der Waals surface area contributed by atoms with Gasteiger partial charge in [-0.3, -0.25) is 0 Å². The van der Waals surface area contributed by atoms with E-state index in [2.05, 4.69) is 5.32 Å². The smallest absolute Gasteiger partial charge is 0.0724 e. The molecular weight excluding hydrogens is 174 g/mol. The lowest BCUT2D eigenvalue weighted by Crippen LogP contribution is -2.39. The van der Waals surface area contributed by atoms with Gasteiger partial charge in [0.2, 0.25) is 0 Å². The van der Waals surface area contributed by atoms with Crippen LogP contribution in [-0.4, -0.2) is 25.8 Å². The van der Waals surface area contributed by atoms with Crippen LogP contribution in [-0.2, 0) is 4.74 Å². The maximum atomic E-state index is 5.48. The molecule has 0 radical (unpaired) electrons. The van der Waals surface area contributed by atoms with Crippen LogP contribution in [0.15, 0.2) is 0 Å². The zero-order valence-corrected chi connectivity index (χ0v) is 9.30. The highest BCUT2D eigenvalue weighted by molar-refractivity contribution is 4.85. The Morgan fingerprint density at radius 3 is 2.57 bits per heavy atom. The molecule has 2 heteroatoms. The Morgan fingerprint density at radius 2 is 1.86 bits per heavy atom. The van der Waals surface area contributed by atoms with Crippen LogP contribution >= 0.6 is 0 Å². The Bertz CT molecular complexity index is 166. The second-order valence-electron chi connectivity index (χ2n) is 4.87. The first-order valence-electron chi connectivity index (χ1n) is 6.16.